The van der Waals surface area contributed by atoms with Gasteiger partial charge in [0.2, 0.25) is 0 Å². The zero-order chi connectivity index (χ0) is 15.2. The lowest BCUT2D eigenvalue weighted by Crippen LogP contribution is -2.10. The van der Waals surface area contributed by atoms with Gasteiger partial charge in [-0.15, -0.1) is 0 Å². The summed E-state index contributed by atoms with van der Waals surface area (Å²) in [5, 5.41) is 3.53. The predicted octanol–water partition coefficient (Wildman–Crippen LogP) is 5.35. The van der Waals surface area contributed by atoms with E-state index in [1.807, 2.05) is 12.1 Å². The first-order valence-corrected chi connectivity index (χ1v) is 7.68. The van der Waals surface area contributed by atoms with E-state index in [0.29, 0.717) is 0 Å². The first-order chi connectivity index (χ1) is 10.1. The fourth-order valence-corrected chi connectivity index (χ4v) is 2.16. The molecule has 0 heterocycles. The molecule has 0 aliphatic rings. The van der Waals surface area contributed by atoms with Crippen LogP contribution in [0, 0.1) is 6.92 Å². The van der Waals surface area contributed by atoms with Gasteiger partial charge < -0.3 is 10.1 Å². The summed E-state index contributed by atoms with van der Waals surface area (Å²) in [4.78, 5) is 0. The van der Waals surface area contributed by atoms with Gasteiger partial charge in [-0.3, -0.25) is 0 Å². The Morgan fingerprint density at radius 3 is 2.43 bits per heavy atom. The molecule has 0 fully saturated rings. The minimum absolute atomic E-state index is 0.245. The Morgan fingerprint density at radius 1 is 1.05 bits per heavy atom. The molecule has 0 amide bonds. The van der Waals surface area contributed by atoms with E-state index in [0.717, 1.165) is 17.9 Å². The molecular formula is C19H25NO. The number of nitrogens with one attached hydrogen (secondary N) is 1. The molecule has 0 saturated carbocycles. The van der Waals surface area contributed by atoms with Crippen LogP contribution in [0.15, 0.2) is 48.5 Å². The van der Waals surface area contributed by atoms with Crippen LogP contribution in [0.1, 0.15) is 44.4 Å². The van der Waals surface area contributed by atoms with Crippen molar-refractivity contribution in [3.8, 4) is 5.75 Å². The molecule has 0 aromatic heterocycles. The number of aryl methyl sites for hydroxylation is 1. The highest BCUT2D eigenvalue weighted by molar-refractivity contribution is 5.50. The zero-order valence-electron chi connectivity index (χ0n) is 13.4. The molecule has 2 heteroatoms. The van der Waals surface area contributed by atoms with Crippen molar-refractivity contribution in [3.63, 3.8) is 0 Å². The molecule has 2 rings (SSSR count). The molecular weight excluding hydrogens is 258 g/mol. The molecule has 0 aliphatic heterocycles. The van der Waals surface area contributed by atoms with E-state index in [-0.39, 0.29) is 12.1 Å². The van der Waals surface area contributed by atoms with Crippen molar-refractivity contribution in [2.45, 2.75) is 46.3 Å². The van der Waals surface area contributed by atoms with Crippen LogP contribution in [-0.2, 0) is 0 Å². The second kappa shape index (κ2) is 7.16. The summed E-state index contributed by atoms with van der Waals surface area (Å²) in [7, 11) is 0. The van der Waals surface area contributed by atoms with Crippen LogP contribution in [0.3, 0.4) is 0 Å². The largest absolute Gasteiger partial charge is 0.491 e. The smallest absolute Gasteiger partial charge is 0.121 e. The van der Waals surface area contributed by atoms with Crippen LogP contribution in [0.2, 0.25) is 0 Å². The topological polar surface area (TPSA) is 21.3 Å². The van der Waals surface area contributed by atoms with E-state index < -0.39 is 0 Å². The summed E-state index contributed by atoms with van der Waals surface area (Å²) in [6, 6.07) is 17.1. The SMILES string of the molecule is CCC(C)Oc1cccc(NC(C)c2ccc(C)cc2)c1. The minimum atomic E-state index is 0.245. The Morgan fingerprint density at radius 2 is 1.76 bits per heavy atom. The highest BCUT2D eigenvalue weighted by Crippen LogP contribution is 2.24. The average Bonchev–Trinajstić information content (AvgIpc) is 2.48. The maximum absolute atomic E-state index is 5.87. The van der Waals surface area contributed by atoms with Gasteiger partial charge >= 0.3 is 0 Å². The number of benzene rings is 2. The van der Waals surface area contributed by atoms with Gasteiger partial charge in [-0.05, 0) is 44.9 Å². The zero-order valence-corrected chi connectivity index (χ0v) is 13.4. The molecule has 2 nitrogen and oxygen atoms in total. The fraction of sp³-hybridized carbons (Fsp3) is 0.368. The first-order valence-electron chi connectivity index (χ1n) is 7.68. The number of hydrogen-bond acceptors (Lipinski definition) is 2. The van der Waals surface area contributed by atoms with Crippen LogP contribution in [0.5, 0.6) is 5.75 Å². The highest BCUT2D eigenvalue weighted by Gasteiger charge is 2.06. The van der Waals surface area contributed by atoms with E-state index in [1.54, 1.807) is 0 Å². The Labute approximate surface area is 128 Å². The third-order valence-corrected chi connectivity index (χ3v) is 3.71. The van der Waals surface area contributed by atoms with Gasteiger partial charge in [0, 0.05) is 17.8 Å². The molecule has 2 unspecified atom stereocenters. The molecule has 2 atom stereocenters. The van der Waals surface area contributed by atoms with Crippen molar-refractivity contribution >= 4 is 5.69 Å². The summed E-state index contributed by atoms with van der Waals surface area (Å²) in [6.07, 6.45) is 1.26. The van der Waals surface area contributed by atoms with Crippen molar-refractivity contribution in [2.75, 3.05) is 5.32 Å². The number of anilines is 1. The highest BCUT2D eigenvalue weighted by atomic mass is 16.5. The predicted molar refractivity (Wildman–Crippen MR) is 90.0 cm³/mol. The van der Waals surface area contributed by atoms with E-state index in [4.69, 9.17) is 4.74 Å². The molecule has 0 saturated heterocycles. The fourth-order valence-electron chi connectivity index (χ4n) is 2.16. The van der Waals surface area contributed by atoms with Gasteiger partial charge in [0.1, 0.15) is 5.75 Å². The van der Waals surface area contributed by atoms with Gasteiger partial charge in [0.05, 0.1) is 6.10 Å². The lowest BCUT2D eigenvalue weighted by atomic mass is 10.1. The van der Waals surface area contributed by atoms with E-state index in [2.05, 4.69) is 69.4 Å². The molecule has 0 aliphatic carbocycles. The first kappa shape index (κ1) is 15.4. The van der Waals surface area contributed by atoms with Gasteiger partial charge in [0.25, 0.3) is 0 Å². The van der Waals surface area contributed by atoms with Crippen molar-refractivity contribution < 1.29 is 4.74 Å². The summed E-state index contributed by atoms with van der Waals surface area (Å²) >= 11 is 0. The van der Waals surface area contributed by atoms with Crippen LogP contribution in [-0.4, -0.2) is 6.10 Å². The quantitative estimate of drug-likeness (QED) is 0.772. The molecule has 2 aromatic rings. The molecule has 0 bridgehead atoms. The van der Waals surface area contributed by atoms with Crippen LogP contribution >= 0.6 is 0 Å². The minimum Gasteiger partial charge on any atom is -0.491 e. The molecule has 1 N–H and O–H groups in total. The maximum Gasteiger partial charge on any atom is 0.121 e. The van der Waals surface area contributed by atoms with Gasteiger partial charge in [-0.2, -0.15) is 0 Å². The Bertz CT molecular complexity index is 562. The van der Waals surface area contributed by atoms with Gasteiger partial charge in [0.15, 0.2) is 0 Å². The number of hydrogen-bond donors (Lipinski definition) is 1. The molecule has 21 heavy (non-hydrogen) atoms. The van der Waals surface area contributed by atoms with Crippen molar-refractivity contribution in [1.29, 1.82) is 0 Å². The maximum atomic E-state index is 5.87. The standard InChI is InChI=1S/C19H25NO/c1-5-15(3)21-19-8-6-7-18(13-19)20-16(4)17-11-9-14(2)10-12-17/h6-13,15-16,20H,5H2,1-4H3. The number of ether oxygens (including phenoxy) is 1. The summed E-state index contributed by atoms with van der Waals surface area (Å²) in [6.45, 7) is 8.51. The lowest BCUT2D eigenvalue weighted by molar-refractivity contribution is 0.217. The van der Waals surface area contributed by atoms with E-state index in [1.165, 1.54) is 11.1 Å². The summed E-state index contributed by atoms with van der Waals surface area (Å²) in [5.41, 5.74) is 3.66. The third kappa shape index (κ3) is 4.52. The monoisotopic (exact) mass is 283 g/mol. The second-order valence-corrected chi connectivity index (χ2v) is 5.64. The second-order valence-electron chi connectivity index (χ2n) is 5.64. The van der Waals surface area contributed by atoms with E-state index >= 15 is 0 Å². The third-order valence-electron chi connectivity index (χ3n) is 3.71. The molecule has 0 spiro atoms. The molecule has 2 aromatic carbocycles. The number of rotatable bonds is 6. The van der Waals surface area contributed by atoms with Gasteiger partial charge in [-0.1, -0.05) is 42.8 Å². The van der Waals surface area contributed by atoms with Crippen LogP contribution < -0.4 is 10.1 Å². The Kier molecular flexibility index (Phi) is 5.26. The van der Waals surface area contributed by atoms with Crippen molar-refractivity contribution in [3.05, 3.63) is 59.7 Å². The average molecular weight is 283 g/mol. The molecule has 0 radical (unpaired) electrons. The normalized spacial score (nSPS) is 13.5. The Balaban J connectivity index is 2.05. The van der Waals surface area contributed by atoms with Crippen LogP contribution in [0.4, 0.5) is 5.69 Å². The summed E-state index contributed by atoms with van der Waals surface area (Å²) in [5.74, 6) is 0.922. The van der Waals surface area contributed by atoms with Crippen molar-refractivity contribution in [2.24, 2.45) is 0 Å². The van der Waals surface area contributed by atoms with Crippen LogP contribution in [0.25, 0.3) is 0 Å². The summed E-state index contributed by atoms with van der Waals surface area (Å²) < 4.78 is 5.87. The van der Waals surface area contributed by atoms with Crippen molar-refractivity contribution in [1.82, 2.24) is 0 Å². The van der Waals surface area contributed by atoms with E-state index in [9.17, 15) is 0 Å². The lowest BCUT2D eigenvalue weighted by Gasteiger charge is -2.18. The molecule has 112 valence electrons. The van der Waals surface area contributed by atoms with Gasteiger partial charge in [-0.25, -0.2) is 0 Å². The Hall–Kier alpha value is -1.96.